The standard InChI is InChI=1S/C25H22N4O3/c1-28(24(31)20-14-12-19(13-15-20)18-10-6-3-7-11-18)21-22(26)29(25(32)27-23(21)30)16-17-8-4-2-5-9-17/h2-15H,16,26H2,1H3,(H,27,30,32). The first-order chi connectivity index (χ1) is 15.5. The van der Waals surface area contributed by atoms with Gasteiger partial charge in [0.05, 0.1) is 6.54 Å². The number of aromatic amines is 1. The van der Waals surface area contributed by atoms with Crippen LogP contribution >= 0.6 is 0 Å². The van der Waals surface area contributed by atoms with Crippen molar-refractivity contribution in [1.82, 2.24) is 9.55 Å². The molecule has 0 saturated heterocycles. The van der Waals surface area contributed by atoms with Crippen molar-refractivity contribution in [3.63, 3.8) is 0 Å². The quantitative estimate of drug-likeness (QED) is 0.512. The second kappa shape index (κ2) is 8.77. The number of aromatic nitrogens is 2. The van der Waals surface area contributed by atoms with Crippen molar-refractivity contribution < 1.29 is 4.79 Å². The van der Waals surface area contributed by atoms with Gasteiger partial charge in [-0.2, -0.15) is 0 Å². The van der Waals surface area contributed by atoms with Crippen molar-refractivity contribution in [2.45, 2.75) is 6.54 Å². The van der Waals surface area contributed by atoms with Gasteiger partial charge in [-0.1, -0.05) is 72.8 Å². The Morgan fingerprint density at radius 2 is 1.44 bits per heavy atom. The third-order valence-corrected chi connectivity index (χ3v) is 5.28. The number of hydrogen-bond donors (Lipinski definition) is 2. The number of carbonyl (C=O) groups excluding carboxylic acids is 1. The Balaban J connectivity index is 1.66. The molecule has 0 fully saturated rings. The summed E-state index contributed by atoms with van der Waals surface area (Å²) in [5.41, 5.74) is 8.02. The van der Waals surface area contributed by atoms with Crippen molar-refractivity contribution >= 4 is 17.4 Å². The van der Waals surface area contributed by atoms with E-state index in [-0.39, 0.29) is 18.1 Å². The molecule has 1 heterocycles. The Hall–Kier alpha value is -4.39. The first-order valence-corrected chi connectivity index (χ1v) is 10.1. The van der Waals surface area contributed by atoms with Crippen molar-refractivity contribution in [2.24, 2.45) is 0 Å². The van der Waals surface area contributed by atoms with Crippen LogP contribution < -0.4 is 21.9 Å². The zero-order chi connectivity index (χ0) is 22.7. The Labute approximate surface area is 184 Å². The van der Waals surface area contributed by atoms with Gasteiger partial charge in [0.2, 0.25) is 0 Å². The molecule has 0 bridgehead atoms. The largest absolute Gasteiger partial charge is 0.383 e. The molecule has 7 heteroatoms. The van der Waals surface area contributed by atoms with Gasteiger partial charge in [0.1, 0.15) is 5.82 Å². The van der Waals surface area contributed by atoms with Gasteiger partial charge in [-0.15, -0.1) is 0 Å². The molecule has 4 rings (SSSR count). The summed E-state index contributed by atoms with van der Waals surface area (Å²) in [7, 11) is 1.46. The highest BCUT2D eigenvalue weighted by Crippen LogP contribution is 2.22. The average molecular weight is 426 g/mol. The number of anilines is 2. The number of benzene rings is 3. The van der Waals surface area contributed by atoms with E-state index in [1.54, 1.807) is 12.1 Å². The molecule has 0 aliphatic rings. The second-order valence-electron chi connectivity index (χ2n) is 7.37. The van der Waals surface area contributed by atoms with E-state index in [4.69, 9.17) is 5.73 Å². The lowest BCUT2D eigenvalue weighted by atomic mass is 10.0. The van der Waals surface area contributed by atoms with Crippen LogP contribution in [0.5, 0.6) is 0 Å². The predicted octanol–water partition coefficient (Wildman–Crippen LogP) is 3.11. The highest BCUT2D eigenvalue weighted by atomic mass is 16.2. The van der Waals surface area contributed by atoms with Crippen molar-refractivity contribution in [3.8, 4) is 11.1 Å². The number of carbonyl (C=O) groups is 1. The highest BCUT2D eigenvalue weighted by Gasteiger charge is 2.22. The number of nitrogens with zero attached hydrogens (tertiary/aromatic N) is 2. The summed E-state index contributed by atoms with van der Waals surface area (Å²) in [5.74, 6) is -0.480. The van der Waals surface area contributed by atoms with E-state index >= 15 is 0 Å². The van der Waals surface area contributed by atoms with Gasteiger partial charge in [-0.3, -0.25) is 19.1 Å². The summed E-state index contributed by atoms with van der Waals surface area (Å²) in [6.45, 7) is 0.170. The lowest BCUT2D eigenvalue weighted by Crippen LogP contribution is -2.39. The van der Waals surface area contributed by atoms with Crippen molar-refractivity contribution in [1.29, 1.82) is 0 Å². The van der Waals surface area contributed by atoms with Gasteiger partial charge >= 0.3 is 5.69 Å². The topological polar surface area (TPSA) is 101 Å². The molecule has 0 saturated carbocycles. The number of amides is 1. The van der Waals surface area contributed by atoms with Crippen molar-refractivity contribution in [3.05, 3.63) is 117 Å². The van der Waals surface area contributed by atoms with E-state index in [2.05, 4.69) is 4.98 Å². The Bertz CT molecular complexity index is 1360. The molecule has 32 heavy (non-hydrogen) atoms. The molecule has 3 N–H and O–H groups in total. The first kappa shape index (κ1) is 20.9. The zero-order valence-electron chi connectivity index (χ0n) is 17.5. The van der Waals surface area contributed by atoms with Crippen LogP contribution in [0.25, 0.3) is 11.1 Å². The lowest BCUT2D eigenvalue weighted by Gasteiger charge is -2.20. The molecule has 0 atom stereocenters. The van der Waals surface area contributed by atoms with E-state index in [1.165, 1.54) is 16.5 Å². The third kappa shape index (κ3) is 4.09. The fraction of sp³-hybridized carbons (Fsp3) is 0.0800. The number of hydrogen-bond acceptors (Lipinski definition) is 4. The lowest BCUT2D eigenvalue weighted by molar-refractivity contribution is 0.0992. The van der Waals surface area contributed by atoms with Crippen LogP contribution in [0, 0.1) is 0 Å². The molecule has 0 aliphatic heterocycles. The molecule has 1 aromatic heterocycles. The van der Waals surface area contributed by atoms with Crippen LogP contribution in [0.3, 0.4) is 0 Å². The zero-order valence-corrected chi connectivity index (χ0v) is 17.5. The van der Waals surface area contributed by atoms with E-state index in [1.807, 2.05) is 72.8 Å². The van der Waals surface area contributed by atoms with E-state index in [0.29, 0.717) is 5.56 Å². The summed E-state index contributed by atoms with van der Waals surface area (Å²) in [4.78, 5) is 41.4. The molecule has 0 aliphatic carbocycles. The SMILES string of the molecule is CN(C(=O)c1ccc(-c2ccccc2)cc1)c1c(N)n(Cc2ccccc2)c(=O)[nH]c1=O. The molecule has 160 valence electrons. The molecule has 0 radical (unpaired) electrons. The predicted molar refractivity (Wildman–Crippen MR) is 126 cm³/mol. The molecular weight excluding hydrogens is 404 g/mol. The minimum atomic E-state index is -0.714. The molecule has 0 unspecified atom stereocenters. The van der Waals surface area contributed by atoms with Crippen LogP contribution in [0.1, 0.15) is 15.9 Å². The van der Waals surface area contributed by atoms with Crippen LogP contribution in [0.15, 0.2) is 94.5 Å². The number of nitrogens with two attached hydrogens (primary N) is 1. The third-order valence-electron chi connectivity index (χ3n) is 5.28. The average Bonchev–Trinajstić information content (AvgIpc) is 2.82. The number of H-pyrrole nitrogens is 1. The number of nitrogens with one attached hydrogen (secondary N) is 1. The number of rotatable bonds is 5. The van der Waals surface area contributed by atoms with Gasteiger partial charge in [-0.25, -0.2) is 4.79 Å². The normalized spacial score (nSPS) is 10.7. The molecular formula is C25H22N4O3. The first-order valence-electron chi connectivity index (χ1n) is 10.1. The van der Waals surface area contributed by atoms with E-state index < -0.39 is 17.2 Å². The minimum absolute atomic E-state index is 0.0700. The smallest absolute Gasteiger partial charge is 0.330 e. The van der Waals surface area contributed by atoms with Crippen LogP contribution in [-0.2, 0) is 6.54 Å². The maximum atomic E-state index is 13.1. The maximum absolute atomic E-state index is 13.1. The summed E-state index contributed by atoms with van der Waals surface area (Å²) in [6.07, 6.45) is 0. The molecule has 1 amide bonds. The fourth-order valence-corrected chi connectivity index (χ4v) is 3.56. The van der Waals surface area contributed by atoms with E-state index in [0.717, 1.165) is 16.7 Å². The van der Waals surface area contributed by atoms with Gasteiger partial charge in [0, 0.05) is 12.6 Å². The Kier molecular flexibility index (Phi) is 5.72. The van der Waals surface area contributed by atoms with Crippen LogP contribution in [0.4, 0.5) is 11.5 Å². The Morgan fingerprint density at radius 1 is 0.875 bits per heavy atom. The van der Waals surface area contributed by atoms with Crippen molar-refractivity contribution in [2.75, 3.05) is 17.7 Å². The van der Waals surface area contributed by atoms with Gasteiger partial charge in [0.25, 0.3) is 11.5 Å². The fourth-order valence-electron chi connectivity index (χ4n) is 3.56. The van der Waals surface area contributed by atoms with Crippen LogP contribution in [-0.4, -0.2) is 22.5 Å². The van der Waals surface area contributed by atoms with Gasteiger partial charge < -0.3 is 10.6 Å². The summed E-state index contributed by atoms with van der Waals surface area (Å²) < 4.78 is 1.24. The van der Waals surface area contributed by atoms with Gasteiger partial charge in [-0.05, 0) is 28.8 Å². The molecule has 0 spiro atoms. The highest BCUT2D eigenvalue weighted by molar-refractivity contribution is 6.07. The van der Waals surface area contributed by atoms with Crippen LogP contribution in [0.2, 0.25) is 0 Å². The summed E-state index contributed by atoms with van der Waals surface area (Å²) in [6, 6.07) is 26.1. The second-order valence-corrected chi connectivity index (χ2v) is 7.37. The summed E-state index contributed by atoms with van der Waals surface area (Å²) >= 11 is 0. The monoisotopic (exact) mass is 426 g/mol. The molecule has 3 aromatic carbocycles. The summed E-state index contributed by atoms with van der Waals surface area (Å²) in [5, 5.41) is 0. The van der Waals surface area contributed by atoms with E-state index in [9.17, 15) is 14.4 Å². The van der Waals surface area contributed by atoms with Gasteiger partial charge in [0.15, 0.2) is 5.69 Å². The molecule has 4 aromatic rings. The number of nitrogen functional groups attached to an aromatic ring is 1. The maximum Gasteiger partial charge on any atom is 0.330 e. The Morgan fingerprint density at radius 3 is 2.06 bits per heavy atom. The molecule has 7 nitrogen and oxygen atoms in total. The minimum Gasteiger partial charge on any atom is -0.383 e.